The molecule has 2 rings (SSSR count). The summed E-state index contributed by atoms with van der Waals surface area (Å²) in [6.07, 6.45) is 0.719. The Morgan fingerprint density at radius 2 is 2.21 bits per heavy atom. The second-order valence-electron chi connectivity index (χ2n) is 4.16. The van der Waals surface area contributed by atoms with Crippen LogP contribution in [0, 0.1) is 0 Å². The molecule has 76 valence electrons. The summed E-state index contributed by atoms with van der Waals surface area (Å²) in [5, 5.41) is 13.8. The highest BCUT2D eigenvalue weighted by molar-refractivity contribution is 6.31. The molecule has 0 aromatic heterocycles. The van der Waals surface area contributed by atoms with Crippen LogP contribution in [0.4, 0.5) is 0 Å². The van der Waals surface area contributed by atoms with E-state index in [4.69, 9.17) is 11.6 Å². The van der Waals surface area contributed by atoms with Crippen molar-refractivity contribution < 1.29 is 5.11 Å². The van der Waals surface area contributed by atoms with Crippen LogP contribution >= 0.6 is 11.6 Å². The summed E-state index contributed by atoms with van der Waals surface area (Å²) in [5.74, 6) is 0. The molecule has 2 atom stereocenters. The third kappa shape index (κ3) is 1.92. The van der Waals surface area contributed by atoms with E-state index in [9.17, 15) is 5.11 Å². The maximum Gasteiger partial charge on any atom is 0.0761 e. The van der Waals surface area contributed by atoms with Crippen molar-refractivity contribution in [3.05, 3.63) is 34.9 Å². The Labute approximate surface area is 88.9 Å². The fourth-order valence-corrected chi connectivity index (χ4v) is 2.17. The summed E-state index contributed by atoms with van der Waals surface area (Å²) in [4.78, 5) is 0. The van der Waals surface area contributed by atoms with Crippen LogP contribution in [0.5, 0.6) is 0 Å². The Morgan fingerprint density at radius 1 is 1.50 bits per heavy atom. The van der Waals surface area contributed by atoms with Crippen molar-refractivity contribution in [2.75, 3.05) is 6.54 Å². The van der Waals surface area contributed by atoms with E-state index in [2.05, 4.69) is 5.32 Å². The van der Waals surface area contributed by atoms with Crippen LogP contribution < -0.4 is 5.32 Å². The van der Waals surface area contributed by atoms with Crippen molar-refractivity contribution >= 4 is 11.6 Å². The zero-order valence-electron chi connectivity index (χ0n) is 8.13. The first-order valence-electron chi connectivity index (χ1n) is 4.79. The van der Waals surface area contributed by atoms with Gasteiger partial charge < -0.3 is 10.4 Å². The van der Waals surface area contributed by atoms with E-state index in [0.29, 0.717) is 6.54 Å². The van der Waals surface area contributed by atoms with Crippen LogP contribution in [-0.2, 0) is 0 Å². The number of nitrogens with one attached hydrogen (secondary N) is 1. The third-order valence-electron chi connectivity index (χ3n) is 2.65. The molecule has 2 nitrogen and oxygen atoms in total. The molecule has 0 spiro atoms. The smallest absolute Gasteiger partial charge is 0.0761 e. The van der Waals surface area contributed by atoms with Gasteiger partial charge in [0.1, 0.15) is 0 Å². The van der Waals surface area contributed by atoms with Crippen LogP contribution in [0.3, 0.4) is 0 Å². The molecule has 1 fully saturated rings. The molecule has 1 heterocycles. The SMILES string of the molecule is CC1(O)CNC(c2ccccc2Cl)C1. The molecular weight excluding hydrogens is 198 g/mol. The van der Waals surface area contributed by atoms with Crippen molar-refractivity contribution in [1.82, 2.24) is 5.32 Å². The molecule has 0 amide bonds. The molecule has 2 N–H and O–H groups in total. The van der Waals surface area contributed by atoms with Crippen LogP contribution in [-0.4, -0.2) is 17.3 Å². The lowest BCUT2D eigenvalue weighted by atomic mass is 9.98. The van der Waals surface area contributed by atoms with E-state index < -0.39 is 5.60 Å². The monoisotopic (exact) mass is 211 g/mol. The van der Waals surface area contributed by atoms with Gasteiger partial charge in [-0.05, 0) is 25.0 Å². The first kappa shape index (κ1) is 9.97. The molecule has 1 aliphatic rings. The number of rotatable bonds is 1. The zero-order valence-corrected chi connectivity index (χ0v) is 8.88. The maximum atomic E-state index is 9.81. The van der Waals surface area contributed by atoms with Gasteiger partial charge in [-0.2, -0.15) is 0 Å². The van der Waals surface area contributed by atoms with Crippen LogP contribution in [0.15, 0.2) is 24.3 Å². The van der Waals surface area contributed by atoms with Gasteiger partial charge in [0.2, 0.25) is 0 Å². The van der Waals surface area contributed by atoms with Crippen molar-refractivity contribution in [3.8, 4) is 0 Å². The summed E-state index contributed by atoms with van der Waals surface area (Å²) in [6.45, 7) is 2.47. The summed E-state index contributed by atoms with van der Waals surface area (Å²) >= 11 is 6.08. The summed E-state index contributed by atoms with van der Waals surface area (Å²) in [5.41, 5.74) is 0.469. The number of hydrogen-bond acceptors (Lipinski definition) is 2. The van der Waals surface area contributed by atoms with Gasteiger partial charge in [-0.15, -0.1) is 0 Å². The fraction of sp³-hybridized carbons (Fsp3) is 0.455. The molecule has 1 aromatic carbocycles. The molecule has 0 aliphatic carbocycles. The van der Waals surface area contributed by atoms with Gasteiger partial charge in [0.15, 0.2) is 0 Å². The van der Waals surface area contributed by atoms with E-state index in [0.717, 1.165) is 17.0 Å². The van der Waals surface area contributed by atoms with E-state index in [-0.39, 0.29) is 6.04 Å². The Balaban J connectivity index is 2.22. The quantitative estimate of drug-likeness (QED) is 0.746. The van der Waals surface area contributed by atoms with Crippen molar-refractivity contribution in [2.24, 2.45) is 0 Å². The van der Waals surface area contributed by atoms with Crippen molar-refractivity contribution in [1.29, 1.82) is 0 Å². The van der Waals surface area contributed by atoms with Crippen LogP contribution in [0.2, 0.25) is 5.02 Å². The standard InChI is InChI=1S/C11H14ClNO/c1-11(14)6-10(13-7-11)8-4-2-3-5-9(8)12/h2-5,10,13-14H,6-7H2,1H3. The summed E-state index contributed by atoms with van der Waals surface area (Å²) < 4.78 is 0. The molecule has 1 aromatic rings. The lowest BCUT2D eigenvalue weighted by Gasteiger charge is -2.15. The van der Waals surface area contributed by atoms with Crippen molar-refractivity contribution in [3.63, 3.8) is 0 Å². The highest BCUT2D eigenvalue weighted by Gasteiger charge is 2.33. The number of halogens is 1. The number of hydrogen-bond donors (Lipinski definition) is 2. The van der Waals surface area contributed by atoms with Gasteiger partial charge in [-0.25, -0.2) is 0 Å². The predicted molar refractivity (Wildman–Crippen MR) is 57.4 cm³/mol. The Hall–Kier alpha value is -0.570. The molecule has 0 radical (unpaired) electrons. The molecule has 0 saturated carbocycles. The minimum atomic E-state index is -0.607. The topological polar surface area (TPSA) is 32.3 Å². The van der Waals surface area contributed by atoms with Crippen molar-refractivity contribution in [2.45, 2.75) is 25.0 Å². The Bertz CT molecular complexity index is 338. The highest BCUT2D eigenvalue weighted by atomic mass is 35.5. The summed E-state index contributed by atoms with van der Waals surface area (Å²) in [7, 11) is 0. The van der Waals surface area contributed by atoms with E-state index >= 15 is 0 Å². The molecule has 1 aliphatic heterocycles. The second-order valence-corrected chi connectivity index (χ2v) is 4.56. The van der Waals surface area contributed by atoms with Gasteiger partial charge in [0.25, 0.3) is 0 Å². The average Bonchev–Trinajstić information content (AvgIpc) is 2.47. The number of β-amino-alcohol motifs (C(OH)–C–C–N with tert-alkyl or cyclic N) is 1. The van der Waals surface area contributed by atoms with Crippen LogP contribution in [0.1, 0.15) is 24.9 Å². The summed E-state index contributed by atoms with van der Waals surface area (Å²) in [6, 6.07) is 7.95. The van der Waals surface area contributed by atoms with Crippen LogP contribution in [0.25, 0.3) is 0 Å². The fourth-order valence-electron chi connectivity index (χ4n) is 1.90. The molecule has 2 unspecified atom stereocenters. The zero-order chi connectivity index (χ0) is 10.2. The van der Waals surface area contributed by atoms with Gasteiger partial charge in [0.05, 0.1) is 5.60 Å². The molecule has 1 saturated heterocycles. The lowest BCUT2D eigenvalue weighted by Crippen LogP contribution is -2.26. The second kappa shape index (κ2) is 3.54. The Morgan fingerprint density at radius 3 is 2.79 bits per heavy atom. The maximum absolute atomic E-state index is 9.81. The molecule has 3 heteroatoms. The minimum absolute atomic E-state index is 0.179. The highest BCUT2D eigenvalue weighted by Crippen LogP contribution is 2.33. The van der Waals surface area contributed by atoms with E-state index in [1.807, 2.05) is 31.2 Å². The molecule has 0 bridgehead atoms. The Kier molecular flexibility index (Phi) is 2.52. The predicted octanol–water partition coefficient (Wildman–Crippen LogP) is 2.13. The van der Waals surface area contributed by atoms with Gasteiger partial charge in [-0.3, -0.25) is 0 Å². The first-order valence-corrected chi connectivity index (χ1v) is 5.16. The van der Waals surface area contributed by atoms with Gasteiger partial charge in [-0.1, -0.05) is 29.8 Å². The van der Waals surface area contributed by atoms with E-state index in [1.165, 1.54) is 0 Å². The molecule has 14 heavy (non-hydrogen) atoms. The average molecular weight is 212 g/mol. The third-order valence-corrected chi connectivity index (χ3v) is 3.00. The largest absolute Gasteiger partial charge is 0.389 e. The first-order chi connectivity index (χ1) is 6.58. The normalized spacial score (nSPS) is 32.1. The van der Waals surface area contributed by atoms with E-state index in [1.54, 1.807) is 0 Å². The minimum Gasteiger partial charge on any atom is -0.389 e. The molecular formula is C11H14ClNO. The number of benzene rings is 1. The van der Waals surface area contributed by atoms with Gasteiger partial charge in [0, 0.05) is 17.6 Å². The van der Waals surface area contributed by atoms with Gasteiger partial charge >= 0.3 is 0 Å². The lowest BCUT2D eigenvalue weighted by molar-refractivity contribution is 0.0792. The number of aliphatic hydroxyl groups is 1.